The molecule has 4 atom stereocenters. The first-order valence-corrected chi connectivity index (χ1v) is 3.81. The lowest BCUT2D eigenvalue weighted by atomic mass is 9.99. The molecule has 0 heterocycles. The second-order valence-electron chi connectivity index (χ2n) is 3.54. The maximum atomic E-state index is 9.44. The molecule has 1 nitrogen and oxygen atoms in total. The van der Waals surface area contributed by atoms with Gasteiger partial charge in [-0.15, -0.1) is 0 Å². The molecule has 1 rings (SSSR count). The van der Waals surface area contributed by atoms with E-state index in [1.807, 2.05) is 0 Å². The number of rotatable bonds is 0. The summed E-state index contributed by atoms with van der Waals surface area (Å²) in [6, 6.07) is 0. The quantitative estimate of drug-likeness (QED) is 0.526. The molecule has 0 aromatic heterocycles. The Morgan fingerprint density at radius 2 is 1.67 bits per heavy atom. The summed E-state index contributed by atoms with van der Waals surface area (Å²) in [6.45, 7) is 6.49. The molecule has 1 saturated carbocycles. The molecule has 9 heavy (non-hydrogen) atoms. The summed E-state index contributed by atoms with van der Waals surface area (Å²) in [4.78, 5) is 0. The predicted molar refractivity (Wildman–Crippen MR) is 38.1 cm³/mol. The van der Waals surface area contributed by atoms with E-state index in [0.29, 0.717) is 11.8 Å². The van der Waals surface area contributed by atoms with Gasteiger partial charge in [-0.25, -0.2) is 0 Å². The Hall–Kier alpha value is -0.0400. The predicted octanol–water partition coefficient (Wildman–Crippen LogP) is 1.66. The first kappa shape index (κ1) is 7.07. The van der Waals surface area contributed by atoms with Crippen LogP contribution >= 0.6 is 0 Å². The zero-order valence-electron chi connectivity index (χ0n) is 6.46. The van der Waals surface area contributed by atoms with Crippen molar-refractivity contribution in [2.24, 2.45) is 17.8 Å². The summed E-state index contributed by atoms with van der Waals surface area (Å²) in [5.41, 5.74) is 0. The van der Waals surface area contributed by atoms with E-state index in [9.17, 15) is 5.11 Å². The van der Waals surface area contributed by atoms with Crippen LogP contribution < -0.4 is 0 Å². The Morgan fingerprint density at radius 1 is 1.11 bits per heavy atom. The summed E-state index contributed by atoms with van der Waals surface area (Å²) >= 11 is 0. The number of aliphatic hydroxyl groups excluding tert-OH is 1. The monoisotopic (exact) mass is 128 g/mol. The fourth-order valence-electron chi connectivity index (χ4n) is 1.80. The molecule has 0 amide bonds. The van der Waals surface area contributed by atoms with Gasteiger partial charge < -0.3 is 5.11 Å². The van der Waals surface area contributed by atoms with Crippen LogP contribution in [0, 0.1) is 17.8 Å². The van der Waals surface area contributed by atoms with Crippen LogP contribution in [0.1, 0.15) is 27.2 Å². The van der Waals surface area contributed by atoms with Crippen LogP contribution in [0.3, 0.4) is 0 Å². The molecule has 1 aliphatic carbocycles. The van der Waals surface area contributed by atoms with E-state index in [4.69, 9.17) is 0 Å². The van der Waals surface area contributed by atoms with Gasteiger partial charge in [-0.05, 0) is 24.2 Å². The van der Waals surface area contributed by atoms with Crippen LogP contribution in [-0.2, 0) is 0 Å². The van der Waals surface area contributed by atoms with Gasteiger partial charge in [-0.3, -0.25) is 0 Å². The minimum atomic E-state index is -0.0417. The molecule has 0 spiro atoms. The molecule has 0 radical (unpaired) electrons. The van der Waals surface area contributed by atoms with E-state index in [1.54, 1.807) is 0 Å². The molecule has 1 aliphatic rings. The standard InChI is InChI=1S/C8H16O/c1-5-4-6(2)8(9)7(5)3/h5-9H,4H2,1-3H3/t5-,6-,7-,8+/m1/s1. The lowest BCUT2D eigenvalue weighted by Gasteiger charge is -2.13. The molecule has 1 heteroatoms. The summed E-state index contributed by atoms with van der Waals surface area (Å²) < 4.78 is 0. The first-order chi connectivity index (χ1) is 4.13. The van der Waals surface area contributed by atoms with E-state index < -0.39 is 0 Å². The molecule has 0 aromatic rings. The summed E-state index contributed by atoms with van der Waals surface area (Å²) in [5, 5.41) is 9.44. The van der Waals surface area contributed by atoms with Crippen molar-refractivity contribution in [2.75, 3.05) is 0 Å². The third kappa shape index (κ3) is 1.11. The van der Waals surface area contributed by atoms with Crippen molar-refractivity contribution >= 4 is 0 Å². The minimum Gasteiger partial charge on any atom is -0.393 e. The van der Waals surface area contributed by atoms with Crippen LogP contribution in [0.15, 0.2) is 0 Å². The molecule has 0 aromatic carbocycles. The van der Waals surface area contributed by atoms with Gasteiger partial charge in [0.25, 0.3) is 0 Å². The molecular weight excluding hydrogens is 112 g/mol. The highest BCUT2D eigenvalue weighted by Gasteiger charge is 2.33. The van der Waals surface area contributed by atoms with Crippen molar-refractivity contribution in [3.8, 4) is 0 Å². The number of hydrogen-bond donors (Lipinski definition) is 1. The van der Waals surface area contributed by atoms with Crippen LogP contribution in [0.5, 0.6) is 0 Å². The third-order valence-electron chi connectivity index (χ3n) is 2.76. The van der Waals surface area contributed by atoms with E-state index in [0.717, 1.165) is 5.92 Å². The molecule has 0 bridgehead atoms. The molecular formula is C8H16O. The Balaban J connectivity index is 2.54. The molecule has 1 fully saturated rings. The zero-order chi connectivity index (χ0) is 7.02. The maximum absolute atomic E-state index is 9.44. The minimum absolute atomic E-state index is 0.0417. The Kier molecular flexibility index (Phi) is 1.80. The van der Waals surface area contributed by atoms with E-state index in [1.165, 1.54) is 6.42 Å². The van der Waals surface area contributed by atoms with Gasteiger partial charge in [0.05, 0.1) is 6.10 Å². The smallest absolute Gasteiger partial charge is 0.0593 e. The average molecular weight is 128 g/mol. The summed E-state index contributed by atoms with van der Waals surface area (Å²) in [7, 11) is 0. The van der Waals surface area contributed by atoms with Crippen molar-refractivity contribution in [3.63, 3.8) is 0 Å². The van der Waals surface area contributed by atoms with Gasteiger partial charge >= 0.3 is 0 Å². The fraction of sp³-hybridized carbons (Fsp3) is 1.00. The number of aliphatic hydroxyl groups is 1. The van der Waals surface area contributed by atoms with Crippen LogP contribution in [-0.4, -0.2) is 11.2 Å². The van der Waals surface area contributed by atoms with Crippen LogP contribution in [0.4, 0.5) is 0 Å². The lowest BCUT2D eigenvalue weighted by Crippen LogP contribution is -2.17. The first-order valence-electron chi connectivity index (χ1n) is 3.81. The Bertz CT molecular complexity index is 88.7. The molecule has 54 valence electrons. The summed E-state index contributed by atoms with van der Waals surface area (Å²) in [6.07, 6.45) is 1.16. The number of hydrogen-bond acceptors (Lipinski definition) is 1. The van der Waals surface area contributed by atoms with E-state index in [-0.39, 0.29) is 6.10 Å². The highest BCUT2D eigenvalue weighted by molar-refractivity contribution is 4.83. The van der Waals surface area contributed by atoms with Gasteiger partial charge in [0.1, 0.15) is 0 Å². The van der Waals surface area contributed by atoms with Crippen molar-refractivity contribution in [1.82, 2.24) is 0 Å². The van der Waals surface area contributed by atoms with Gasteiger partial charge in [-0.1, -0.05) is 20.8 Å². The van der Waals surface area contributed by atoms with Gasteiger partial charge in [0.2, 0.25) is 0 Å². The largest absolute Gasteiger partial charge is 0.393 e. The van der Waals surface area contributed by atoms with Gasteiger partial charge in [0, 0.05) is 0 Å². The van der Waals surface area contributed by atoms with Crippen molar-refractivity contribution in [3.05, 3.63) is 0 Å². The van der Waals surface area contributed by atoms with Crippen LogP contribution in [0.25, 0.3) is 0 Å². The molecule has 1 N–H and O–H groups in total. The average Bonchev–Trinajstić information content (AvgIpc) is 1.98. The highest BCUT2D eigenvalue weighted by atomic mass is 16.3. The van der Waals surface area contributed by atoms with Gasteiger partial charge in [0.15, 0.2) is 0 Å². The second kappa shape index (κ2) is 2.30. The van der Waals surface area contributed by atoms with Crippen molar-refractivity contribution in [1.29, 1.82) is 0 Å². The highest BCUT2D eigenvalue weighted by Crippen LogP contribution is 2.35. The van der Waals surface area contributed by atoms with E-state index >= 15 is 0 Å². The fourth-order valence-corrected chi connectivity index (χ4v) is 1.80. The Morgan fingerprint density at radius 3 is 1.78 bits per heavy atom. The topological polar surface area (TPSA) is 20.2 Å². The summed E-state index contributed by atoms with van der Waals surface area (Å²) in [5.74, 6) is 1.75. The van der Waals surface area contributed by atoms with Crippen molar-refractivity contribution in [2.45, 2.75) is 33.3 Å². The van der Waals surface area contributed by atoms with Crippen molar-refractivity contribution < 1.29 is 5.11 Å². The maximum Gasteiger partial charge on any atom is 0.0593 e. The molecule has 0 unspecified atom stereocenters. The SMILES string of the molecule is C[C@H]1[C@@H](O)[C@H](C)C[C@H]1C. The van der Waals surface area contributed by atoms with Gasteiger partial charge in [-0.2, -0.15) is 0 Å². The zero-order valence-corrected chi connectivity index (χ0v) is 6.46. The third-order valence-corrected chi connectivity index (χ3v) is 2.76. The second-order valence-corrected chi connectivity index (χ2v) is 3.54. The lowest BCUT2D eigenvalue weighted by molar-refractivity contribution is 0.0988. The Labute approximate surface area is 57.1 Å². The molecule has 0 saturated heterocycles. The van der Waals surface area contributed by atoms with E-state index in [2.05, 4.69) is 20.8 Å². The molecule has 0 aliphatic heterocycles. The normalized spacial score (nSPS) is 52.0. The van der Waals surface area contributed by atoms with Crippen LogP contribution in [0.2, 0.25) is 0 Å².